The molecule has 0 aliphatic carbocycles. The van der Waals surface area contributed by atoms with Crippen LogP contribution < -0.4 is 0 Å². The van der Waals surface area contributed by atoms with E-state index >= 15 is 0 Å². The Bertz CT molecular complexity index is 937. The smallest absolute Gasteiger partial charge is 0.268 e. The zero-order valence-corrected chi connectivity index (χ0v) is 14.5. The highest BCUT2D eigenvalue weighted by Crippen LogP contribution is 2.32. The minimum Gasteiger partial charge on any atom is -0.334 e. The minimum absolute atomic E-state index is 0.0416. The molecule has 0 spiro atoms. The summed E-state index contributed by atoms with van der Waals surface area (Å²) in [7, 11) is 0. The maximum atomic E-state index is 13.8. The number of carbonyl (C=O) groups is 1. The number of nitrogens with zero attached hydrogens (tertiary/aromatic N) is 3. The summed E-state index contributed by atoms with van der Waals surface area (Å²) in [6.07, 6.45) is 1.67. The highest BCUT2D eigenvalue weighted by atomic mass is 32.2. The van der Waals surface area contributed by atoms with Crippen molar-refractivity contribution in [1.82, 2.24) is 15.0 Å². The van der Waals surface area contributed by atoms with Crippen LogP contribution in [0.4, 0.5) is 4.39 Å². The Kier molecular flexibility index (Phi) is 4.37. The average Bonchev–Trinajstić information content (AvgIpc) is 3.37. The van der Waals surface area contributed by atoms with E-state index < -0.39 is 5.82 Å². The number of amides is 1. The van der Waals surface area contributed by atoms with Gasteiger partial charge in [-0.2, -0.15) is 4.98 Å². The Morgan fingerprint density at radius 2 is 2.16 bits per heavy atom. The maximum absolute atomic E-state index is 13.8. The summed E-state index contributed by atoms with van der Waals surface area (Å²) < 4.78 is 19.0. The van der Waals surface area contributed by atoms with Gasteiger partial charge in [0.1, 0.15) is 5.82 Å². The quantitative estimate of drug-likeness (QED) is 0.691. The fourth-order valence-corrected chi connectivity index (χ4v) is 4.10. The molecule has 1 saturated heterocycles. The van der Waals surface area contributed by atoms with Crippen molar-refractivity contribution < 1.29 is 13.7 Å². The van der Waals surface area contributed by atoms with Crippen LogP contribution in [0.15, 0.2) is 51.3 Å². The van der Waals surface area contributed by atoms with Gasteiger partial charge < -0.3 is 9.42 Å². The molecule has 126 valence electrons. The van der Waals surface area contributed by atoms with E-state index in [1.165, 1.54) is 17.4 Å². The lowest BCUT2D eigenvalue weighted by Crippen LogP contribution is -2.25. The van der Waals surface area contributed by atoms with Crippen LogP contribution in [0.25, 0.3) is 17.5 Å². The molecule has 1 fully saturated rings. The number of hydrogen-bond acceptors (Lipinski definition) is 6. The highest BCUT2D eigenvalue weighted by molar-refractivity contribution is 8.03. The van der Waals surface area contributed by atoms with Crippen molar-refractivity contribution in [2.45, 2.75) is 0 Å². The van der Waals surface area contributed by atoms with Crippen LogP contribution in [-0.2, 0) is 0 Å². The number of halogens is 1. The van der Waals surface area contributed by atoms with Crippen molar-refractivity contribution in [2.24, 2.45) is 0 Å². The number of hydrogen-bond donors (Lipinski definition) is 0. The first kappa shape index (κ1) is 16.0. The number of aromatic nitrogens is 2. The standard InChI is InChI=1S/C17H12FN3O2S2/c18-12-5-2-1-4-11(12)16-19-14(23-20-16)10-15-21(7-9-25-15)17(22)13-6-3-8-24-13/h1-6,8,10H,7,9H2/b15-10+. The molecule has 0 saturated carbocycles. The van der Waals surface area contributed by atoms with Crippen molar-refractivity contribution >= 4 is 35.1 Å². The second-order valence-corrected chi connectivity index (χ2v) is 7.26. The molecular formula is C17H12FN3O2S2. The lowest BCUT2D eigenvalue weighted by Gasteiger charge is -2.15. The zero-order chi connectivity index (χ0) is 17.2. The van der Waals surface area contributed by atoms with Crippen LogP contribution in [-0.4, -0.2) is 33.2 Å². The first-order chi connectivity index (χ1) is 12.2. The van der Waals surface area contributed by atoms with Crippen LogP contribution >= 0.6 is 23.1 Å². The Morgan fingerprint density at radius 3 is 2.96 bits per heavy atom. The lowest BCUT2D eigenvalue weighted by atomic mass is 10.2. The zero-order valence-electron chi connectivity index (χ0n) is 12.9. The molecule has 4 rings (SSSR count). The third-order valence-corrected chi connectivity index (χ3v) is 5.49. The maximum Gasteiger partial charge on any atom is 0.268 e. The van der Waals surface area contributed by atoms with Crippen molar-refractivity contribution in [3.05, 3.63) is 63.4 Å². The van der Waals surface area contributed by atoms with E-state index in [9.17, 15) is 9.18 Å². The molecule has 0 bridgehead atoms. The molecule has 0 radical (unpaired) electrons. The fourth-order valence-electron chi connectivity index (χ4n) is 2.44. The Balaban J connectivity index is 1.60. The molecule has 5 nitrogen and oxygen atoms in total. The van der Waals surface area contributed by atoms with Crippen molar-refractivity contribution in [1.29, 1.82) is 0 Å². The summed E-state index contributed by atoms with van der Waals surface area (Å²) in [6, 6.07) is 9.90. The van der Waals surface area contributed by atoms with E-state index in [2.05, 4.69) is 10.1 Å². The van der Waals surface area contributed by atoms with E-state index in [1.807, 2.05) is 11.4 Å². The van der Waals surface area contributed by atoms with Gasteiger partial charge in [-0.25, -0.2) is 4.39 Å². The number of thioether (sulfide) groups is 1. The summed E-state index contributed by atoms with van der Waals surface area (Å²) in [5, 5.41) is 6.45. The summed E-state index contributed by atoms with van der Waals surface area (Å²) in [6.45, 7) is 0.627. The van der Waals surface area contributed by atoms with Crippen LogP contribution in [0.2, 0.25) is 0 Å². The van der Waals surface area contributed by atoms with Gasteiger partial charge in [-0.15, -0.1) is 23.1 Å². The second kappa shape index (κ2) is 6.81. The third kappa shape index (κ3) is 3.22. The summed E-state index contributed by atoms with van der Waals surface area (Å²) in [5.74, 6) is 0.778. The van der Waals surface area contributed by atoms with Gasteiger partial charge in [-0.1, -0.05) is 23.4 Å². The van der Waals surface area contributed by atoms with E-state index in [-0.39, 0.29) is 23.2 Å². The van der Waals surface area contributed by atoms with Gasteiger partial charge in [0.05, 0.1) is 15.5 Å². The minimum atomic E-state index is -0.410. The topological polar surface area (TPSA) is 59.2 Å². The molecule has 1 aliphatic heterocycles. The van der Waals surface area contributed by atoms with Crippen molar-refractivity contribution in [2.75, 3.05) is 12.3 Å². The first-order valence-corrected chi connectivity index (χ1v) is 9.37. The predicted molar refractivity (Wildman–Crippen MR) is 95.5 cm³/mol. The van der Waals surface area contributed by atoms with Crippen LogP contribution in [0.3, 0.4) is 0 Å². The Morgan fingerprint density at radius 1 is 1.28 bits per heavy atom. The van der Waals surface area contributed by atoms with Gasteiger partial charge in [0.2, 0.25) is 5.82 Å². The van der Waals surface area contributed by atoms with Gasteiger partial charge in [-0.05, 0) is 23.6 Å². The SMILES string of the molecule is O=C(c1cccs1)N1CCS/C1=C/c1nc(-c2ccccc2F)no1. The highest BCUT2D eigenvalue weighted by Gasteiger charge is 2.26. The fraction of sp³-hybridized carbons (Fsp3) is 0.118. The van der Waals surface area contributed by atoms with E-state index in [4.69, 9.17) is 4.52 Å². The molecular weight excluding hydrogens is 361 g/mol. The molecule has 3 aromatic rings. The Labute approximate surface area is 151 Å². The van der Waals surface area contributed by atoms with E-state index in [0.29, 0.717) is 11.4 Å². The normalized spacial score (nSPS) is 15.9. The van der Waals surface area contributed by atoms with Crippen LogP contribution in [0.1, 0.15) is 15.6 Å². The number of thiophene rings is 1. The van der Waals surface area contributed by atoms with Gasteiger partial charge in [0.25, 0.3) is 11.8 Å². The Hall–Kier alpha value is -2.45. The lowest BCUT2D eigenvalue weighted by molar-refractivity contribution is 0.0835. The van der Waals surface area contributed by atoms with Gasteiger partial charge in [0, 0.05) is 18.4 Å². The molecule has 0 atom stereocenters. The van der Waals surface area contributed by atoms with E-state index in [0.717, 1.165) is 10.8 Å². The summed E-state index contributed by atoms with van der Waals surface area (Å²) in [5.41, 5.74) is 0.279. The molecule has 1 aromatic carbocycles. The molecule has 2 aromatic heterocycles. The van der Waals surface area contributed by atoms with Crippen LogP contribution in [0, 0.1) is 5.82 Å². The molecule has 8 heteroatoms. The largest absolute Gasteiger partial charge is 0.334 e. The second-order valence-electron chi connectivity index (χ2n) is 5.20. The molecule has 1 amide bonds. The molecule has 1 aliphatic rings. The molecule has 25 heavy (non-hydrogen) atoms. The monoisotopic (exact) mass is 373 g/mol. The number of rotatable bonds is 3. The predicted octanol–water partition coefficient (Wildman–Crippen LogP) is 4.12. The molecule has 0 N–H and O–H groups in total. The van der Waals surface area contributed by atoms with Crippen LogP contribution in [0.5, 0.6) is 0 Å². The van der Waals surface area contributed by atoms with E-state index in [1.54, 1.807) is 47.0 Å². The van der Waals surface area contributed by atoms with Gasteiger partial charge in [0.15, 0.2) is 0 Å². The average molecular weight is 373 g/mol. The number of carbonyl (C=O) groups excluding carboxylic acids is 1. The van der Waals surface area contributed by atoms with Crippen molar-refractivity contribution in [3.63, 3.8) is 0 Å². The molecule has 0 unspecified atom stereocenters. The first-order valence-electron chi connectivity index (χ1n) is 7.51. The van der Waals surface area contributed by atoms with Crippen molar-refractivity contribution in [3.8, 4) is 11.4 Å². The number of benzene rings is 1. The van der Waals surface area contributed by atoms with Gasteiger partial charge in [-0.3, -0.25) is 4.79 Å². The summed E-state index contributed by atoms with van der Waals surface area (Å²) >= 11 is 2.96. The summed E-state index contributed by atoms with van der Waals surface area (Å²) in [4.78, 5) is 19.1. The molecule has 3 heterocycles. The van der Waals surface area contributed by atoms with Gasteiger partial charge >= 0.3 is 0 Å². The third-order valence-electron chi connectivity index (χ3n) is 3.61.